The predicted octanol–water partition coefficient (Wildman–Crippen LogP) is 2.48. The van der Waals surface area contributed by atoms with Crippen molar-refractivity contribution in [3.05, 3.63) is 16.5 Å². The molecule has 0 saturated carbocycles. The Bertz CT molecular complexity index is 568. The highest BCUT2D eigenvalue weighted by Crippen LogP contribution is 2.30. The minimum absolute atomic E-state index is 0.0309. The molecule has 1 heterocycles. The van der Waals surface area contributed by atoms with Crippen LogP contribution in [0.3, 0.4) is 0 Å². The van der Waals surface area contributed by atoms with Gasteiger partial charge in [-0.15, -0.1) is 11.3 Å². The fourth-order valence-electron chi connectivity index (χ4n) is 1.74. The number of thiophene rings is 1. The number of ether oxygens (including phenoxy) is 1. The third-order valence-corrected chi connectivity index (χ3v) is 6.13. The Labute approximate surface area is 127 Å². The van der Waals surface area contributed by atoms with Crippen molar-refractivity contribution in [3.63, 3.8) is 0 Å². The van der Waals surface area contributed by atoms with E-state index in [9.17, 15) is 13.2 Å². The van der Waals surface area contributed by atoms with Crippen molar-refractivity contribution in [2.24, 2.45) is 0 Å². The molecular weight excluding hydrogens is 322 g/mol. The van der Waals surface area contributed by atoms with Gasteiger partial charge in [0.1, 0.15) is 4.21 Å². The van der Waals surface area contributed by atoms with Crippen molar-refractivity contribution in [2.45, 2.75) is 25.0 Å². The molecule has 0 bridgehead atoms. The van der Waals surface area contributed by atoms with Gasteiger partial charge in [-0.05, 0) is 26.3 Å². The third-order valence-electron chi connectivity index (χ3n) is 2.82. The van der Waals surface area contributed by atoms with E-state index in [0.29, 0.717) is 37.4 Å². The lowest BCUT2D eigenvalue weighted by Gasteiger charge is -2.20. The second-order valence-electron chi connectivity index (χ2n) is 4.08. The van der Waals surface area contributed by atoms with E-state index in [1.165, 1.54) is 5.38 Å². The van der Waals surface area contributed by atoms with Crippen LogP contribution in [0, 0.1) is 6.92 Å². The topological polar surface area (TPSA) is 63.7 Å². The number of rotatable bonds is 7. The maximum Gasteiger partial charge on any atom is 0.271 e. The Morgan fingerprint density at radius 1 is 1.45 bits per heavy atom. The van der Waals surface area contributed by atoms with Crippen molar-refractivity contribution in [1.29, 1.82) is 0 Å². The summed E-state index contributed by atoms with van der Waals surface area (Å²) in [5, 5.41) is 1.54. The average molecular weight is 340 g/mol. The van der Waals surface area contributed by atoms with Crippen LogP contribution in [-0.4, -0.2) is 45.5 Å². The van der Waals surface area contributed by atoms with Crippen LogP contribution in [0.4, 0.5) is 0 Å². The minimum Gasteiger partial charge on any atom is -0.380 e. The minimum atomic E-state index is -3.80. The van der Waals surface area contributed by atoms with Gasteiger partial charge in [-0.2, -0.15) is 0 Å². The van der Waals surface area contributed by atoms with Crippen molar-refractivity contribution >= 4 is 37.0 Å². The number of carbonyl (C=O) groups excluding carboxylic acids is 1. The molecule has 1 amide bonds. The summed E-state index contributed by atoms with van der Waals surface area (Å²) in [5.41, 5.74) is 0.789. The standard InChI is InChI=1S/C12H18ClNO4S2/c1-4-14(6-7-18-5-2)11(15)10-8-19-12(9(10)3)20(13,16)17/h8H,4-7H2,1-3H3. The quantitative estimate of drug-likeness (QED) is 0.565. The van der Waals surface area contributed by atoms with E-state index < -0.39 is 9.05 Å². The number of hydrogen-bond donors (Lipinski definition) is 0. The molecule has 0 atom stereocenters. The summed E-state index contributed by atoms with van der Waals surface area (Å²) < 4.78 is 28.0. The van der Waals surface area contributed by atoms with Crippen LogP contribution in [0.5, 0.6) is 0 Å². The van der Waals surface area contributed by atoms with Crippen LogP contribution in [-0.2, 0) is 13.8 Å². The first-order chi connectivity index (χ1) is 9.32. The normalized spacial score (nSPS) is 11.6. The molecule has 1 aromatic rings. The first kappa shape index (κ1) is 17.4. The molecule has 0 unspecified atom stereocenters. The van der Waals surface area contributed by atoms with Gasteiger partial charge in [-0.3, -0.25) is 4.79 Å². The van der Waals surface area contributed by atoms with Gasteiger partial charge in [0, 0.05) is 35.8 Å². The first-order valence-electron chi connectivity index (χ1n) is 6.22. The van der Waals surface area contributed by atoms with Crippen LogP contribution in [0.1, 0.15) is 29.8 Å². The molecule has 0 aliphatic rings. The number of halogens is 1. The molecular formula is C12H18ClNO4S2. The summed E-state index contributed by atoms with van der Waals surface area (Å²) in [5.74, 6) is -0.201. The summed E-state index contributed by atoms with van der Waals surface area (Å²) in [6.45, 7) is 7.40. The molecule has 1 aromatic heterocycles. The predicted molar refractivity (Wildman–Crippen MR) is 80.2 cm³/mol. The van der Waals surface area contributed by atoms with E-state index in [-0.39, 0.29) is 10.1 Å². The Morgan fingerprint density at radius 3 is 2.55 bits per heavy atom. The molecule has 8 heteroatoms. The van der Waals surface area contributed by atoms with Crippen molar-refractivity contribution < 1.29 is 17.9 Å². The van der Waals surface area contributed by atoms with Gasteiger partial charge in [0.15, 0.2) is 0 Å². The second kappa shape index (κ2) is 7.40. The SMILES string of the molecule is CCOCCN(CC)C(=O)c1csc(S(=O)(=O)Cl)c1C. The second-order valence-corrected chi connectivity index (χ2v) is 7.72. The number of amides is 1. The summed E-state index contributed by atoms with van der Waals surface area (Å²) in [6.07, 6.45) is 0. The maximum absolute atomic E-state index is 12.4. The fraction of sp³-hybridized carbons (Fsp3) is 0.583. The van der Waals surface area contributed by atoms with Crippen LogP contribution >= 0.6 is 22.0 Å². The molecule has 5 nitrogen and oxygen atoms in total. The van der Waals surface area contributed by atoms with Crippen LogP contribution in [0.15, 0.2) is 9.59 Å². The van der Waals surface area contributed by atoms with Crippen LogP contribution in [0.25, 0.3) is 0 Å². The van der Waals surface area contributed by atoms with E-state index in [1.54, 1.807) is 11.8 Å². The smallest absolute Gasteiger partial charge is 0.271 e. The molecule has 0 N–H and O–H groups in total. The highest BCUT2D eigenvalue weighted by atomic mass is 35.7. The molecule has 0 spiro atoms. The summed E-state index contributed by atoms with van der Waals surface area (Å²) >= 11 is 0.969. The van der Waals surface area contributed by atoms with Gasteiger partial charge in [-0.1, -0.05) is 0 Å². The number of carbonyl (C=O) groups is 1. The molecule has 0 radical (unpaired) electrons. The molecule has 20 heavy (non-hydrogen) atoms. The Balaban J connectivity index is 2.94. The summed E-state index contributed by atoms with van der Waals surface area (Å²) in [4.78, 5) is 14.0. The Morgan fingerprint density at radius 2 is 2.10 bits per heavy atom. The average Bonchev–Trinajstić information content (AvgIpc) is 2.75. The number of likely N-dealkylation sites (N-methyl/N-ethyl adjacent to an activating group) is 1. The van der Waals surface area contributed by atoms with E-state index in [2.05, 4.69) is 0 Å². The van der Waals surface area contributed by atoms with Crippen molar-refractivity contribution in [3.8, 4) is 0 Å². The lowest BCUT2D eigenvalue weighted by Crippen LogP contribution is -2.34. The van der Waals surface area contributed by atoms with Gasteiger partial charge >= 0.3 is 0 Å². The zero-order valence-corrected chi connectivity index (χ0v) is 14.1. The summed E-state index contributed by atoms with van der Waals surface area (Å²) in [6, 6.07) is 0. The monoisotopic (exact) mass is 339 g/mol. The molecule has 0 aliphatic heterocycles. The Kier molecular flexibility index (Phi) is 6.44. The van der Waals surface area contributed by atoms with E-state index in [4.69, 9.17) is 15.4 Å². The van der Waals surface area contributed by atoms with Gasteiger partial charge in [0.2, 0.25) is 0 Å². The zero-order valence-electron chi connectivity index (χ0n) is 11.7. The molecule has 0 aromatic carbocycles. The van der Waals surface area contributed by atoms with Gasteiger partial charge in [-0.25, -0.2) is 8.42 Å². The highest BCUT2D eigenvalue weighted by Gasteiger charge is 2.24. The van der Waals surface area contributed by atoms with Crippen molar-refractivity contribution in [1.82, 2.24) is 4.90 Å². The number of hydrogen-bond acceptors (Lipinski definition) is 5. The zero-order chi connectivity index (χ0) is 15.3. The summed E-state index contributed by atoms with van der Waals surface area (Å²) in [7, 11) is 1.53. The molecule has 114 valence electrons. The lowest BCUT2D eigenvalue weighted by molar-refractivity contribution is 0.0669. The van der Waals surface area contributed by atoms with Crippen molar-refractivity contribution in [2.75, 3.05) is 26.3 Å². The molecule has 0 saturated heterocycles. The van der Waals surface area contributed by atoms with Crippen LogP contribution < -0.4 is 0 Å². The van der Waals surface area contributed by atoms with Gasteiger partial charge in [0.05, 0.1) is 12.2 Å². The van der Waals surface area contributed by atoms with Crippen LogP contribution in [0.2, 0.25) is 0 Å². The lowest BCUT2D eigenvalue weighted by atomic mass is 10.2. The van der Waals surface area contributed by atoms with Gasteiger partial charge in [0.25, 0.3) is 15.0 Å². The highest BCUT2D eigenvalue weighted by molar-refractivity contribution is 8.15. The first-order valence-corrected chi connectivity index (χ1v) is 9.41. The number of nitrogens with zero attached hydrogens (tertiary/aromatic N) is 1. The van der Waals surface area contributed by atoms with Gasteiger partial charge < -0.3 is 9.64 Å². The maximum atomic E-state index is 12.4. The van der Waals surface area contributed by atoms with E-state index >= 15 is 0 Å². The third kappa shape index (κ3) is 4.18. The molecule has 0 fully saturated rings. The molecule has 1 rings (SSSR count). The van der Waals surface area contributed by atoms with E-state index in [0.717, 1.165) is 11.3 Å². The fourth-order valence-corrected chi connectivity index (χ4v) is 4.29. The molecule has 0 aliphatic carbocycles. The Hall–Kier alpha value is -0.630. The van der Waals surface area contributed by atoms with E-state index in [1.807, 2.05) is 13.8 Å². The largest absolute Gasteiger partial charge is 0.380 e.